The number of hydrogen-bond donors (Lipinski definition) is 0. The molecule has 4 rings (SSSR count). The number of benzene rings is 1. The van der Waals surface area contributed by atoms with E-state index in [-0.39, 0.29) is 11.5 Å². The van der Waals surface area contributed by atoms with Crippen LogP contribution in [0.25, 0.3) is 11.1 Å². The molecule has 0 bridgehead atoms. The number of hydrogen-bond acceptors (Lipinski definition) is 5. The van der Waals surface area contributed by atoms with Crippen LogP contribution in [-0.4, -0.2) is 21.1 Å². The number of fused-ring (bicyclic) bond motifs is 1. The van der Waals surface area contributed by atoms with Crippen LogP contribution in [0.15, 0.2) is 62.8 Å². The summed E-state index contributed by atoms with van der Waals surface area (Å²) >= 11 is 1.32. The van der Waals surface area contributed by atoms with E-state index in [4.69, 9.17) is 8.83 Å². The zero-order valence-corrected chi connectivity index (χ0v) is 15.4. The smallest absolute Gasteiger partial charge is 0.257 e. The second-order valence-corrected chi connectivity index (χ2v) is 7.04. The van der Waals surface area contributed by atoms with E-state index in [2.05, 4.69) is 9.55 Å². The molecule has 3 aromatic heterocycles. The van der Waals surface area contributed by atoms with Gasteiger partial charge in [0, 0.05) is 17.0 Å². The highest BCUT2D eigenvalue weighted by molar-refractivity contribution is 7.99. The molecule has 0 aliphatic carbocycles. The predicted octanol–water partition coefficient (Wildman–Crippen LogP) is 4.86. The molecule has 0 aliphatic rings. The first-order valence-corrected chi connectivity index (χ1v) is 9.31. The Bertz CT molecular complexity index is 1030. The molecule has 0 saturated carbocycles. The lowest BCUT2D eigenvalue weighted by molar-refractivity contribution is 0.102. The normalized spacial score (nSPS) is 11.3. The Morgan fingerprint density at radius 3 is 2.81 bits per heavy atom. The zero-order valence-electron chi connectivity index (χ0n) is 14.6. The van der Waals surface area contributed by atoms with Crippen LogP contribution in [0.5, 0.6) is 0 Å². The number of furan rings is 1. The topological polar surface area (TPSA) is 61.2 Å². The van der Waals surface area contributed by atoms with Crippen LogP contribution in [0.1, 0.15) is 27.5 Å². The molecular formula is C20H18N2O3S. The van der Waals surface area contributed by atoms with Crippen molar-refractivity contribution in [2.24, 2.45) is 0 Å². The van der Waals surface area contributed by atoms with Gasteiger partial charge in [-0.15, -0.1) is 0 Å². The minimum absolute atomic E-state index is 0.0658. The summed E-state index contributed by atoms with van der Waals surface area (Å²) in [5, 5.41) is 0.518. The van der Waals surface area contributed by atoms with Gasteiger partial charge in [-0.2, -0.15) is 0 Å². The van der Waals surface area contributed by atoms with Gasteiger partial charge in [-0.3, -0.25) is 4.79 Å². The second-order valence-electron chi connectivity index (χ2n) is 6.11. The van der Waals surface area contributed by atoms with Crippen LogP contribution < -0.4 is 0 Å². The maximum absolute atomic E-state index is 12.7. The number of carbonyl (C=O) groups excluding carboxylic acids is 1. The molecule has 0 amide bonds. The average Bonchev–Trinajstić information content (AvgIpc) is 3.35. The summed E-state index contributed by atoms with van der Waals surface area (Å²) in [6, 6.07) is 13.3. The van der Waals surface area contributed by atoms with Crippen LogP contribution in [0.2, 0.25) is 0 Å². The summed E-state index contributed by atoms with van der Waals surface area (Å²) in [6.45, 7) is 4.59. The maximum atomic E-state index is 12.7. The molecule has 0 spiro atoms. The highest BCUT2D eigenvalue weighted by Gasteiger charge is 2.18. The monoisotopic (exact) mass is 366 g/mol. The quantitative estimate of drug-likeness (QED) is 0.360. The van der Waals surface area contributed by atoms with Crippen LogP contribution in [0.3, 0.4) is 0 Å². The predicted molar refractivity (Wildman–Crippen MR) is 101 cm³/mol. The van der Waals surface area contributed by atoms with Crippen molar-refractivity contribution >= 4 is 28.6 Å². The Labute approximate surface area is 155 Å². The molecule has 132 valence electrons. The van der Waals surface area contributed by atoms with Crippen molar-refractivity contribution in [3.8, 4) is 0 Å². The minimum Gasteiger partial charge on any atom is -0.467 e. The van der Waals surface area contributed by atoms with Crippen molar-refractivity contribution in [3.63, 3.8) is 0 Å². The van der Waals surface area contributed by atoms with Gasteiger partial charge in [0.2, 0.25) is 0 Å². The number of thioether (sulfide) groups is 1. The first kappa shape index (κ1) is 16.7. The second kappa shape index (κ2) is 6.88. The van der Waals surface area contributed by atoms with Gasteiger partial charge < -0.3 is 13.4 Å². The van der Waals surface area contributed by atoms with Crippen LogP contribution in [0, 0.1) is 13.8 Å². The summed E-state index contributed by atoms with van der Waals surface area (Å²) in [6.07, 6.45) is 1.66. The summed E-state index contributed by atoms with van der Waals surface area (Å²) in [5.74, 6) is 1.22. The number of rotatable bonds is 6. The third-order valence-corrected chi connectivity index (χ3v) is 5.20. The van der Waals surface area contributed by atoms with E-state index in [1.54, 1.807) is 6.26 Å². The van der Waals surface area contributed by atoms with E-state index in [1.807, 2.05) is 56.3 Å². The standard InChI is InChI=1S/C20H18N2O3S/c1-13-10-16(14(2)22(13)11-15-6-5-9-24-15)18(23)12-26-20-21-17-7-3-4-8-19(17)25-20/h3-10H,11-12H2,1-2H3. The lowest BCUT2D eigenvalue weighted by Gasteiger charge is -2.07. The number of aromatic nitrogens is 2. The van der Waals surface area contributed by atoms with Gasteiger partial charge in [0.1, 0.15) is 11.3 Å². The molecule has 26 heavy (non-hydrogen) atoms. The van der Waals surface area contributed by atoms with Crippen molar-refractivity contribution < 1.29 is 13.6 Å². The largest absolute Gasteiger partial charge is 0.467 e. The Balaban J connectivity index is 1.49. The Morgan fingerprint density at radius 1 is 1.19 bits per heavy atom. The molecular weight excluding hydrogens is 348 g/mol. The lowest BCUT2D eigenvalue weighted by Crippen LogP contribution is -2.07. The third kappa shape index (κ3) is 3.20. The number of ketones is 1. The van der Waals surface area contributed by atoms with Crippen molar-refractivity contribution in [1.82, 2.24) is 9.55 Å². The zero-order chi connectivity index (χ0) is 18.1. The molecule has 0 saturated heterocycles. The van der Waals surface area contributed by atoms with E-state index in [9.17, 15) is 4.79 Å². The molecule has 5 nitrogen and oxygen atoms in total. The fraction of sp³-hybridized carbons (Fsp3) is 0.200. The van der Waals surface area contributed by atoms with E-state index in [0.29, 0.717) is 11.8 Å². The first-order valence-electron chi connectivity index (χ1n) is 8.32. The van der Waals surface area contributed by atoms with Gasteiger partial charge in [0.25, 0.3) is 5.22 Å². The van der Waals surface area contributed by atoms with Crippen LogP contribution >= 0.6 is 11.8 Å². The number of Topliss-reactive ketones (excluding diaryl/α,β-unsaturated/α-hetero) is 1. The van der Waals surface area contributed by atoms with Gasteiger partial charge in [-0.05, 0) is 44.2 Å². The molecule has 0 fully saturated rings. The third-order valence-electron chi connectivity index (χ3n) is 4.37. The summed E-state index contributed by atoms with van der Waals surface area (Å²) in [5.41, 5.74) is 4.26. The average molecular weight is 366 g/mol. The van der Waals surface area contributed by atoms with Gasteiger partial charge >= 0.3 is 0 Å². The number of oxazole rings is 1. The van der Waals surface area contributed by atoms with Crippen molar-refractivity contribution in [1.29, 1.82) is 0 Å². The van der Waals surface area contributed by atoms with Crippen LogP contribution in [-0.2, 0) is 6.54 Å². The lowest BCUT2D eigenvalue weighted by atomic mass is 10.2. The highest BCUT2D eigenvalue weighted by atomic mass is 32.2. The molecule has 0 N–H and O–H groups in total. The number of carbonyl (C=O) groups is 1. The summed E-state index contributed by atoms with van der Waals surface area (Å²) in [4.78, 5) is 17.1. The van der Waals surface area contributed by atoms with Gasteiger partial charge in [0.15, 0.2) is 11.4 Å². The molecule has 0 atom stereocenters. The number of nitrogens with zero attached hydrogens (tertiary/aromatic N) is 2. The van der Waals surface area contributed by atoms with Gasteiger partial charge in [-0.1, -0.05) is 23.9 Å². The van der Waals surface area contributed by atoms with E-state index in [1.165, 1.54) is 11.8 Å². The SMILES string of the molecule is Cc1cc(C(=O)CSc2nc3ccccc3o2)c(C)n1Cc1ccco1. The highest BCUT2D eigenvalue weighted by Crippen LogP contribution is 2.25. The van der Waals surface area contributed by atoms with E-state index >= 15 is 0 Å². The Kier molecular flexibility index (Phi) is 4.42. The maximum Gasteiger partial charge on any atom is 0.257 e. The fourth-order valence-corrected chi connectivity index (χ4v) is 3.72. The minimum atomic E-state index is 0.0658. The molecule has 0 aliphatic heterocycles. The van der Waals surface area contributed by atoms with E-state index in [0.717, 1.165) is 33.8 Å². The van der Waals surface area contributed by atoms with E-state index < -0.39 is 0 Å². The molecule has 1 aromatic carbocycles. The van der Waals surface area contributed by atoms with Crippen molar-refractivity contribution in [2.75, 3.05) is 5.75 Å². The Hall–Kier alpha value is -2.73. The fourth-order valence-electron chi connectivity index (χ4n) is 3.00. The molecule has 0 radical (unpaired) electrons. The summed E-state index contributed by atoms with van der Waals surface area (Å²) in [7, 11) is 0. The number of aryl methyl sites for hydroxylation is 1. The van der Waals surface area contributed by atoms with Gasteiger partial charge in [0.05, 0.1) is 18.6 Å². The van der Waals surface area contributed by atoms with Crippen LogP contribution in [0.4, 0.5) is 0 Å². The Morgan fingerprint density at radius 2 is 2.04 bits per heavy atom. The molecule has 3 heterocycles. The molecule has 4 aromatic rings. The summed E-state index contributed by atoms with van der Waals surface area (Å²) < 4.78 is 13.2. The van der Waals surface area contributed by atoms with Gasteiger partial charge in [-0.25, -0.2) is 4.98 Å². The van der Waals surface area contributed by atoms with Crippen molar-refractivity contribution in [2.45, 2.75) is 25.6 Å². The van der Waals surface area contributed by atoms with Crippen molar-refractivity contribution in [3.05, 3.63) is 71.4 Å². The molecule has 6 heteroatoms. The first-order chi connectivity index (χ1) is 12.6. The molecule has 0 unspecified atom stereocenters. The number of para-hydroxylation sites is 2.